The molecule has 2 heterocycles. The van der Waals surface area contributed by atoms with E-state index in [-0.39, 0.29) is 0 Å². The van der Waals surface area contributed by atoms with Gasteiger partial charge in [-0.15, -0.1) is 22.7 Å². The van der Waals surface area contributed by atoms with Gasteiger partial charge in [-0.3, -0.25) is 0 Å². The van der Waals surface area contributed by atoms with Crippen LogP contribution in [0, 0.1) is 23.7 Å². The first kappa shape index (κ1) is 30.1. The Hall–Kier alpha value is -3.96. The Bertz CT molecular complexity index is 1780. The van der Waals surface area contributed by atoms with Gasteiger partial charge >= 0.3 is 0 Å². The second-order valence-electron chi connectivity index (χ2n) is 11.4. The van der Waals surface area contributed by atoms with Gasteiger partial charge in [0.1, 0.15) is 10.0 Å². The fourth-order valence-corrected chi connectivity index (χ4v) is 7.35. The van der Waals surface area contributed by atoms with Gasteiger partial charge < -0.3 is 0 Å². The highest BCUT2D eigenvalue weighted by molar-refractivity contribution is 7.22. The number of rotatable bonds is 10. The number of thiazole rings is 2. The summed E-state index contributed by atoms with van der Waals surface area (Å²) < 4.78 is 2.39. The number of nitrogens with zero attached hydrogens (tertiary/aromatic N) is 2. The molecule has 0 fully saturated rings. The van der Waals surface area contributed by atoms with Crippen LogP contribution in [0.5, 0.6) is 0 Å². The minimum absolute atomic E-state index is 0.976. The van der Waals surface area contributed by atoms with E-state index in [1.165, 1.54) is 71.5 Å². The number of hydrogen-bond donors (Lipinski definition) is 0. The van der Waals surface area contributed by atoms with Crippen molar-refractivity contribution >= 4 is 53.9 Å². The van der Waals surface area contributed by atoms with E-state index in [0.717, 1.165) is 56.1 Å². The summed E-state index contributed by atoms with van der Waals surface area (Å²) in [7, 11) is 0. The largest absolute Gasteiger partial charge is 0.236 e. The first-order valence-corrected chi connectivity index (χ1v) is 17.7. The second kappa shape index (κ2) is 14.7. The molecule has 0 unspecified atom stereocenters. The number of hydrogen-bond acceptors (Lipinski definition) is 4. The van der Waals surface area contributed by atoms with Gasteiger partial charge in [-0.05, 0) is 72.1 Å². The molecule has 0 bridgehead atoms. The molecule has 0 radical (unpaired) electrons. The van der Waals surface area contributed by atoms with Gasteiger partial charge in [-0.1, -0.05) is 100 Å². The third-order valence-corrected chi connectivity index (χ3v) is 10.0. The van der Waals surface area contributed by atoms with Crippen molar-refractivity contribution in [3.05, 3.63) is 83.9 Å². The Morgan fingerprint density at radius 1 is 0.523 bits per heavy atom. The lowest BCUT2D eigenvalue weighted by Crippen LogP contribution is -1.79. The molecule has 220 valence electrons. The van der Waals surface area contributed by atoms with E-state index in [1.54, 1.807) is 22.7 Å². The summed E-state index contributed by atoms with van der Waals surface area (Å²) in [6, 6.07) is 26.0. The van der Waals surface area contributed by atoms with E-state index >= 15 is 0 Å². The van der Waals surface area contributed by atoms with Crippen LogP contribution in [0.1, 0.15) is 89.2 Å². The molecule has 0 aliphatic heterocycles. The first-order valence-electron chi connectivity index (χ1n) is 16.0. The van der Waals surface area contributed by atoms with Gasteiger partial charge in [-0.25, -0.2) is 9.97 Å². The molecule has 0 aliphatic rings. The van der Waals surface area contributed by atoms with Gasteiger partial charge in [0.05, 0.1) is 20.4 Å². The number of fused-ring (bicyclic) bond motifs is 3. The SMILES string of the molecule is CCCCCCC#Cc1ccc(-c2nc3cc4cc5sc(-c6ccc(C#CCCCCCC)cc6)nc5cc4cc3s2)cc1. The van der Waals surface area contributed by atoms with Gasteiger partial charge in [0.2, 0.25) is 0 Å². The topological polar surface area (TPSA) is 25.8 Å². The number of unbranched alkanes of at least 4 members (excludes halogenated alkanes) is 8. The smallest absolute Gasteiger partial charge is 0.124 e. The Morgan fingerprint density at radius 3 is 1.36 bits per heavy atom. The molecule has 0 spiro atoms. The van der Waals surface area contributed by atoms with Crippen molar-refractivity contribution in [3.63, 3.8) is 0 Å². The van der Waals surface area contributed by atoms with Crippen molar-refractivity contribution < 1.29 is 0 Å². The predicted octanol–water partition coefficient (Wildman–Crippen LogP) is 12.0. The van der Waals surface area contributed by atoms with Crippen LogP contribution in [0.15, 0.2) is 72.8 Å². The summed E-state index contributed by atoms with van der Waals surface area (Å²) in [6.45, 7) is 4.48. The number of aromatic nitrogens is 2. The molecule has 0 N–H and O–H groups in total. The molecule has 4 aromatic carbocycles. The molecule has 4 heteroatoms. The van der Waals surface area contributed by atoms with E-state index in [4.69, 9.17) is 9.97 Å². The van der Waals surface area contributed by atoms with Gasteiger partial charge in [0.15, 0.2) is 0 Å². The maximum Gasteiger partial charge on any atom is 0.124 e. The van der Waals surface area contributed by atoms with Crippen LogP contribution < -0.4 is 0 Å². The zero-order valence-electron chi connectivity index (χ0n) is 25.7. The van der Waals surface area contributed by atoms with Crippen molar-refractivity contribution in [2.24, 2.45) is 0 Å². The van der Waals surface area contributed by atoms with Crippen LogP contribution in [0.2, 0.25) is 0 Å². The molecular formula is C40H38N2S2. The molecule has 0 amide bonds. The molecule has 2 nitrogen and oxygen atoms in total. The minimum atomic E-state index is 0.976. The maximum absolute atomic E-state index is 5.01. The lowest BCUT2D eigenvalue weighted by Gasteiger charge is -1.97. The average Bonchev–Trinajstić information content (AvgIpc) is 3.66. The third-order valence-electron chi connectivity index (χ3n) is 7.89. The van der Waals surface area contributed by atoms with Crippen molar-refractivity contribution in [1.82, 2.24) is 9.97 Å². The summed E-state index contributed by atoms with van der Waals surface area (Å²) in [6.07, 6.45) is 12.0. The fourth-order valence-electron chi connectivity index (χ4n) is 5.34. The standard InChI is InChI=1S/C40H38N2S2/c1-3-5-7-9-11-13-15-29-17-21-31(22-18-29)39-41-35-25-33-28-38-36(26-34(33)27-37(35)43-39)42-40(44-38)32-23-19-30(20-24-32)16-14-12-10-8-6-4-2/h17-28H,3-12H2,1-2H3. The maximum atomic E-state index is 5.01. The number of benzene rings is 4. The van der Waals surface area contributed by atoms with Crippen molar-refractivity contribution in [1.29, 1.82) is 0 Å². The summed E-state index contributed by atoms with van der Waals surface area (Å²) >= 11 is 3.49. The lowest BCUT2D eigenvalue weighted by atomic mass is 10.1. The first-order chi connectivity index (χ1) is 21.7. The Kier molecular flexibility index (Phi) is 10.0. The molecule has 0 aliphatic carbocycles. The third kappa shape index (κ3) is 7.39. The molecule has 6 rings (SSSR count). The van der Waals surface area contributed by atoms with Gasteiger partial charge in [-0.2, -0.15) is 0 Å². The van der Waals surface area contributed by atoms with E-state index in [2.05, 4.69) is 110 Å². The van der Waals surface area contributed by atoms with E-state index in [1.807, 2.05) is 0 Å². The lowest BCUT2D eigenvalue weighted by molar-refractivity contribution is 0.679. The highest BCUT2D eigenvalue weighted by atomic mass is 32.1. The quantitative estimate of drug-likeness (QED) is 0.114. The van der Waals surface area contributed by atoms with E-state index in [9.17, 15) is 0 Å². The fraction of sp³-hybridized carbons (Fsp3) is 0.300. The molecule has 0 atom stereocenters. The highest BCUT2D eigenvalue weighted by Gasteiger charge is 2.11. The van der Waals surface area contributed by atoms with E-state index in [0.29, 0.717) is 0 Å². The zero-order chi connectivity index (χ0) is 30.1. The van der Waals surface area contributed by atoms with Crippen molar-refractivity contribution in [2.75, 3.05) is 0 Å². The molecule has 0 saturated carbocycles. The Balaban J connectivity index is 1.17. The summed E-state index contributed by atoms with van der Waals surface area (Å²) in [5.41, 5.74) is 6.50. The van der Waals surface area contributed by atoms with Crippen LogP contribution >= 0.6 is 22.7 Å². The van der Waals surface area contributed by atoms with Crippen LogP contribution in [-0.4, -0.2) is 9.97 Å². The normalized spacial score (nSPS) is 11.0. The zero-order valence-corrected chi connectivity index (χ0v) is 27.3. The highest BCUT2D eigenvalue weighted by Crippen LogP contribution is 2.37. The van der Waals surface area contributed by atoms with Gasteiger partial charge in [0.25, 0.3) is 0 Å². The second-order valence-corrected chi connectivity index (χ2v) is 13.5. The van der Waals surface area contributed by atoms with Crippen molar-refractivity contribution in [2.45, 2.75) is 78.1 Å². The molecule has 2 aromatic heterocycles. The molecular weight excluding hydrogens is 573 g/mol. The summed E-state index contributed by atoms with van der Waals surface area (Å²) in [4.78, 5) is 10.0. The summed E-state index contributed by atoms with van der Waals surface area (Å²) in [5, 5.41) is 4.49. The van der Waals surface area contributed by atoms with Gasteiger partial charge in [0, 0.05) is 35.1 Å². The summed E-state index contributed by atoms with van der Waals surface area (Å²) in [5.74, 6) is 13.3. The minimum Gasteiger partial charge on any atom is -0.236 e. The van der Waals surface area contributed by atoms with Crippen LogP contribution in [0.3, 0.4) is 0 Å². The van der Waals surface area contributed by atoms with Crippen LogP contribution in [0.25, 0.3) is 52.3 Å². The van der Waals surface area contributed by atoms with Crippen LogP contribution in [-0.2, 0) is 0 Å². The monoisotopic (exact) mass is 610 g/mol. The molecule has 0 saturated heterocycles. The van der Waals surface area contributed by atoms with Crippen LogP contribution in [0.4, 0.5) is 0 Å². The van der Waals surface area contributed by atoms with Crippen molar-refractivity contribution in [3.8, 4) is 44.8 Å². The molecule has 44 heavy (non-hydrogen) atoms. The Morgan fingerprint density at radius 2 is 0.955 bits per heavy atom. The Labute approximate surface area is 269 Å². The predicted molar refractivity (Wildman–Crippen MR) is 192 cm³/mol. The molecule has 6 aromatic rings. The average molecular weight is 611 g/mol. The van der Waals surface area contributed by atoms with E-state index < -0.39 is 0 Å².